The summed E-state index contributed by atoms with van der Waals surface area (Å²) in [7, 11) is 4.31. The third kappa shape index (κ3) is 5.08. The summed E-state index contributed by atoms with van der Waals surface area (Å²) in [6.07, 6.45) is -2.62. The van der Waals surface area contributed by atoms with Gasteiger partial charge in [-0.3, -0.25) is 10.1 Å². The number of benzene rings is 2. The summed E-state index contributed by atoms with van der Waals surface area (Å²) < 4.78 is 54.5. The summed E-state index contributed by atoms with van der Waals surface area (Å²) in [6.45, 7) is 0. The van der Waals surface area contributed by atoms with Gasteiger partial charge in [0.2, 0.25) is 5.75 Å². The zero-order valence-electron chi connectivity index (χ0n) is 16.9. The molecule has 0 aliphatic rings. The molecule has 0 radical (unpaired) electrons. The number of hydrogen-bond acceptors (Lipinski definition) is 6. The van der Waals surface area contributed by atoms with Gasteiger partial charge in [0.05, 0.1) is 32.5 Å². The second kappa shape index (κ2) is 9.25. The molecule has 0 spiro atoms. The largest absolute Gasteiger partial charge is 0.493 e. The fourth-order valence-electron chi connectivity index (χ4n) is 2.95. The molecule has 1 amide bonds. The summed E-state index contributed by atoms with van der Waals surface area (Å²) in [6, 6.07) is 8.22. The molecular formula is C21H19F3N2O4S. The van der Waals surface area contributed by atoms with E-state index in [9.17, 15) is 18.0 Å². The Labute approximate surface area is 180 Å². The van der Waals surface area contributed by atoms with E-state index >= 15 is 0 Å². The minimum Gasteiger partial charge on any atom is -0.493 e. The number of carbonyl (C=O) groups is 1. The van der Waals surface area contributed by atoms with Crippen molar-refractivity contribution in [3.8, 4) is 17.2 Å². The van der Waals surface area contributed by atoms with Gasteiger partial charge in [-0.25, -0.2) is 4.98 Å². The van der Waals surface area contributed by atoms with E-state index in [2.05, 4.69) is 10.3 Å². The van der Waals surface area contributed by atoms with Gasteiger partial charge in [0.25, 0.3) is 5.91 Å². The van der Waals surface area contributed by atoms with E-state index in [1.54, 1.807) is 12.1 Å². The summed E-state index contributed by atoms with van der Waals surface area (Å²) in [5, 5.41) is 2.98. The highest BCUT2D eigenvalue weighted by Gasteiger charge is 2.30. The third-order valence-corrected chi connectivity index (χ3v) is 5.27. The van der Waals surface area contributed by atoms with E-state index in [4.69, 9.17) is 14.2 Å². The molecule has 0 aliphatic heterocycles. The van der Waals surface area contributed by atoms with Crippen molar-refractivity contribution in [2.45, 2.75) is 12.6 Å². The number of thiazole rings is 1. The lowest BCUT2D eigenvalue weighted by atomic mass is 10.1. The molecule has 0 fully saturated rings. The molecule has 1 heterocycles. The quantitative estimate of drug-likeness (QED) is 0.545. The van der Waals surface area contributed by atoms with E-state index < -0.39 is 17.6 Å². The van der Waals surface area contributed by atoms with Gasteiger partial charge in [0.1, 0.15) is 0 Å². The van der Waals surface area contributed by atoms with Gasteiger partial charge in [-0.15, -0.1) is 11.3 Å². The van der Waals surface area contributed by atoms with Crippen molar-refractivity contribution >= 4 is 22.4 Å². The highest BCUT2D eigenvalue weighted by atomic mass is 32.1. The first-order valence-electron chi connectivity index (χ1n) is 8.98. The van der Waals surface area contributed by atoms with E-state index in [1.807, 2.05) is 0 Å². The van der Waals surface area contributed by atoms with Crippen LogP contribution in [0.2, 0.25) is 0 Å². The molecule has 2 aromatic carbocycles. The van der Waals surface area contributed by atoms with E-state index in [1.165, 1.54) is 51.0 Å². The predicted molar refractivity (Wildman–Crippen MR) is 110 cm³/mol. The maximum atomic E-state index is 12.9. The molecule has 0 bridgehead atoms. The average molecular weight is 452 g/mol. The molecule has 0 unspecified atom stereocenters. The SMILES string of the molecule is COc1ccc(C(=O)Nc2ncc(Cc3cccc(C(F)(F)F)c3)s2)c(OC)c1OC. The molecule has 6 nitrogen and oxygen atoms in total. The highest BCUT2D eigenvalue weighted by Crippen LogP contribution is 2.40. The topological polar surface area (TPSA) is 69.7 Å². The second-order valence-corrected chi connectivity index (χ2v) is 7.46. The van der Waals surface area contributed by atoms with Crippen molar-refractivity contribution in [2.24, 2.45) is 0 Å². The summed E-state index contributed by atoms with van der Waals surface area (Å²) >= 11 is 1.17. The number of aromatic nitrogens is 1. The molecule has 31 heavy (non-hydrogen) atoms. The zero-order chi connectivity index (χ0) is 22.6. The van der Waals surface area contributed by atoms with Crippen LogP contribution in [0.15, 0.2) is 42.6 Å². The van der Waals surface area contributed by atoms with Crippen LogP contribution < -0.4 is 19.5 Å². The van der Waals surface area contributed by atoms with E-state index in [0.717, 1.165) is 12.1 Å². The molecular weight excluding hydrogens is 433 g/mol. The number of rotatable bonds is 7. The summed E-state index contributed by atoms with van der Waals surface area (Å²) in [5.41, 5.74) is 0.0104. The Bertz CT molecular complexity index is 1080. The van der Waals surface area contributed by atoms with E-state index in [0.29, 0.717) is 21.3 Å². The minimum atomic E-state index is -4.40. The van der Waals surface area contributed by atoms with Crippen LogP contribution in [0.5, 0.6) is 17.2 Å². The monoisotopic (exact) mass is 452 g/mol. The van der Waals surface area contributed by atoms with Crippen molar-refractivity contribution in [3.63, 3.8) is 0 Å². The summed E-state index contributed by atoms with van der Waals surface area (Å²) in [5.74, 6) is 0.424. The molecule has 3 rings (SSSR count). The molecule has 1 aromatic heterocycles. The van der Waals surface area contributed by atoms with Gasteiger partial charge in [-0.2, -0.15) is 13.2 Å². The fourth-order valence-corrected chi connectivity index (χ4v) is 3.79. The predicted octanol–water partition coefficient (Wildman–Crippen LogP) is 5.03. The first-order chi connectivity index (χ1) is 14.8. The van der Waals surface area contributed by atoms with Crippen LogP contribution in [0.25, 0.3) is 0 Å². The molecule has 0 saturated heterocycles. The Morgan fingerprint density at radius 3 is 2.45 bits per heavy atom. The van der Waals surface area contributed by atoms with Crippen LogP contribution in [0, 0.1) is 0 Å². The molecule has 0 saturated carbocycles. The minimum absolute atomic E-state index is 0.208. The Morgan fingerprint density at radius 1 is 1.06 bits per heavy atom. The van der Waals surface area contributed by atoms with Crippen LogP contribution in [0.4, 0.5) is 18.3 Å². The molecule has 0 aliphatic carbocycles. The molecule has 164 valence electrons. The molecule has 10 heteroatoms. The third-order valence-electron chi connectivity index (χ3n) is 4.36. The number of amides is 1. The fraction of sp³-hybridized carbons (Fsp3) is 0.238. The maximum Gasteiger partial charge on any atom is 0.416 e. The first kappa shape index (κ1) is 22.4. The van der Waals surface area contributed by atoms with Crippen molar-refractivity contribution in [1.29, 1.82) is 0 Å². The van der Waals surface area contributed by atoms with Gasteiger partial charge in [-0.05, 0) is 23.8 Å². The number of nitrogens with one attached hydrogen (secondary N) is 1. The number of hydrogen-bond donors (Lipinski definition) is 1. The lowest BCUT2D eigenvalue weighted by Crippen LogP contribution is -2.13. The van der Waals surface area contributed by atoms with Crippen molar-refractivity contribution < 1.29 is 32.2 Å². The Balaban J connectivity index is 1.77. The number of anilines is 1. The molecule has 0 atom stereocenters. The Morgan fingerprint density at radius 2 is 1.81 bits per heavy atom. The standard InChI is InChI=1S/C21H19F3N2O4S/c1-28-16-8-7-15(17(29-2)18(16)30-3)19(27)26-20-25-11-14(31-20)10-12-5-4-6-13(9-12)21(22,23)24/h4-9,11H,10H2,1-3H3,(H,25,26,27). The van der Waals surface area contributed by atoms with Crippen LogP contribution in [0.1, 0.15) is 26.4 Å². The van der Waals surface area contributed by atoms with Crippen molar-refractivity contribution in [2.75, 3.05) is 26.6 Å². The highest BCUT2D eigenvalue weighted by molar-refractivity contribution is 7.15. The van der Waals surface area contributed by atoms with Crippen LogP contribution >= 0.6 is 11.3 Å². The number of alkyl halides is 3. The smallest absolute Gasteiger partial charge is 0.416 e. The van der Waals surface area contributed by atoms with Gasteiger partial charge >= 0.3 is 6.18 Å². The zero-order valence-corrected chi connectivity index (χ0v) is 17.7. The lowest BCUT2D eigenvalue weighted by Gasteiger charge is -2.15. The van der Waals surface area contributed by atoms with Crippen molar-refractivity contribution in [3.05, 3.63) is 64.2 Å². The number of nitrogens with zero attached hydrogens (tertiary/aromatic N) is 1. The van der Waals surface area contributed by atoms with Gasteiger partial charge in [0.15, 0.2) is 16.6 Å². The number of ether oxygens (including phenoxy) is 3. The second-order valence-electron chi connectivity index (χ2n) is 6.34. The molecule has 3 aromatic rings. The summed E-state index contributed by atoms with van der Waals surface area (Å²) in [4.78, 5) is 17.6. The maximum absolute atomic E-state index is 12.9. The average Bonchev–Trinajstić information content (AvgIpc) is 3.18. The Hall–Kier alpha value is -3.27. The van der Waals surface area contributed by atoms with E-state index in [-0.39, 0.29) is 23.5 Å². The van der Waals surface area contributed by atoms with Gasteiger partial charge in [-0.1, -0.05) is 18.2 Å². The van der Waals surface area contributed by atoms with Crippen LogP contribution in [0.3, 0.4) is 0 Å². The van der Waals surface area contributed by atoms with Crippen molar-refractivity contribution in [1.82, 2.24) is 4.98 Å². The number of methoxy groups -OCH3 is 3. The number of carbonyl (C=O) groups excluding carboxylic acids is 1. The molecule has 1 N–H and O–H groups in total. The van der Waals surface area contributed by atoms with Crippen LogP contribution in [-0.2, 0) is 12.6 Å². The van der Waals surface area contributed by atoms with Gasteiger partial charge < -0.3 is 14.2 Å². The first-order valence-corrected chi connectivity index (χ1v) is 9.79. The lowest BCUT2D eigenvalue weighted by molar-refractivity contribution is -0.137. The van der Waals surface area contributed by atoms with Crippen LogP contribution in [-0.4, -0.2) is 32.2 Å². The Kier molecular flexibility index (Phi) is 6.69. The van der Waals surface area contributed by atoms with Gasteiger partial charge in [0, 0.05) is 17.5 Å². The normalized spacial score (nSPS) is 11.2. The number of halogens is 3.